The zero-order valence-electron chi connectivity index (χ0n) is 13.7. The lowest BCUT2D eigenvalue weighted by Crippen LogP contribution is -2.39. The predicted octanol–water partition coefficient (Wildman–Crippen LogP) is 3.66. The van der Waals surface area contributed by atoms with Crippen molar-refractivity contribution in [2.75, 3.05) is 6.54 Å². The Kier molecular flexibility index (Phi) is 5.26. The van der Waals surface area contributed by atoms with E-state index in [1.165, 1.54) is 47.8 Å². The van der Waals surface area contributed by atoms with Crippen LogP contribution in [0.1, 0.15) is 48.2 Å². The van der Waals surface area contributed by atoms with E-state index in [-0.39, 0.29) is 0 Å². The van der Waals surface area contributed by atoms with Crippen molar-refractivity contribution in [2.24, 2.45) is 0 Å². The van der Waals surface area contributed by atoms with E-state index in [0.717, 1.165) is 19.5 Å². The summed E-state index contributed by atoms with van der Waals surface area (Å²) < 4.78 is 2.06. The molecule has 0 bridgehead atoms. The molecule has 3 heterocycles. The molecule has 3 rings (SSSR count). The van der Waals surface area contributed by atoms with Crippen LogP contribution in [-0.2, 0) is 19.5 Å². The Hall–Kier alpha value is -1.20. The summed E-state index contributed by atoms with van der Waals surface area (Å²) in [6.45, 7) is 7.67. The highest BCUT2D eigenvalue weighted by molar-refractivity contribution is 7.11. The van der Waals surface area contributed by atoms with Gasteiger partial charge in [-0.15, -0.1) is 11.3 Å². The van der Waals surface area contributed by atoms with Gasteiger partial charge in [0.1, 0.15) is 0 Å². The monoisotopic (exact) mass is 318 g/mol. The molecule has 0 spiro atoms. The first-order chi connectivity index (χ1) is 10.8. The Morgan fingerprint density at radius 1 is 1.36 bits per heavy atom. The number of aryl methyl sites for hydroxylation is 3. The normalized spacial score (nSPS) is 19.6. The molecule has 1 saturated heterocycles. The number of hydrogen-bond acceptors (Lipinski definition) is 4. The lowest BCUT2D eigenvalue weighted by atomic mass is 9.99. The SMILES string of the molecule is CCc1nc(C)sc1CN1CCCCC1CCn1cccn1. The van der Waals surface area contributed by atoms with E-state index in [1.54, 1.807) is 0 Å². The van der Waals surface area contributed by atoms with Gasteiger partial charge in [-0.1, -0.05) is 13.3 Å². The van der Waals surface area contributed by atoms with E-state index in [4.69, 9.17) is 0 Å². The summed E-state index contributed by atoms with van der Waals surface area (Å²) in [5.74, 6) is 0. The van der Waals surface area contributed by atoms with Crippen LogP contribution in [0.15, 0.2) is 18.5 Å². The molecule has 0 aromatic carbocycles. The van der Waals surface area contributed by atoms with Gasteiger partial charge in [0.25, 0.3) is 0 Å². The molecule has 1 unspecified atom stereocenters. The topological polar surface area (TPSA) is 34.0 Å². The van der Waals surface area contributed by atoms with Crippen molar-refractivity contribution in [1.82, 2.24) is 19.7 Å². The quantitative estimate of drug-likeness (QED) is 0.815. The number of rotatable bonds is 6. The second-order valence-electron chi connectivity index (χ2n) is 6.13. The molecule has 0 N–H and O–H groups in total. The van der Waals surface area contributed by atoms with Crippen LogP contribution in [0.3, 0.4) is 0 Å². The van der Waals surface area contributed by atoms with Gasteiger partial charge in [-0.3, -0.25) is 9.58 Å². The first-order valence-corrected chi connectivity index (χ1v) is 9.24. The third kappa shape index (κ3) is 3.76. The minimum absolute atomic E-state index is 0.685. The van der Waals surface area contributed by atoms with E-state index in [0.29, 0.717) is 6.04 Å². The Morgan fingerprint density at radius 3 is 3.05 bits per heavy atom. The summed E-state index contributed by atoms with van der Waals surface area (Å²) >= 11 is 1.88. The van der Waals surface area contributed by atoms with Gasteiger partial charge in [0.15, 0.2) is 0 Å². The van der Waals surface area contributed by atoms with Gasteiger partial charge < -0.3 is 0 Å². The fraction of sp³-hybridized carbons (Fsp3) is 0.647. The van der Waals surface area contributed by atoms with Crippen LogP contribution >= 0.6 is 11.3 Å². The van der Waals surface area contributed by atoms with E-state index in [1.807, 2.05) is 23.6 Å². The number of piperidine rings is 1. The average Bonchev–Trinajstić information content (AvgIpc) is 3.16. The molecule has 0 amide bonds. The third-order valence-electron chi connectivity index (χ3n) is 4.57. The molecule has 0 radical (unpaired) electrons. The molecule has 1 fully saturated rings. The zero-order chi connectivity index (χ0) is 15.4. The van der Waals surface area contributed by atoms with E-state index >= 15 is 0 Å². The highest BCUT2D eigenvalue weighted by Crippen LogP contribution is 2.26. The minimum Gasteiger partial charge on any atom is -0.295 e. The molecule has 2 aromatic heterocycles. The number of likely N-dealkylation sites (tertiary alicyclic amines) is 1. The second kappa shape index (κ2) is 7.38. The van der Waals surface area contributed by atoms with Crippen molar-refractivity contribution in [3.05, 3.63) is 34.0 Å². The summed E-state index contributed by atoms with van der Waals surface area (Å²) in [5, 5.41) is 5.54. The lowest BCUT2D eigenvalue weighted by Gasteiger charge is -2.35. The first kappa shape index (κ1) is 15.7. The van der Waals surface area contributed by atoms with Crippen molar-refractivity contribution in [3.8, 4) is 0 Å². The lowest BCUT2D eigenvalue weighted by molar-refractivity contribution is 0.128. The van der Waals surface area contributed by atoms with Crippen molar-refractivity contribution < 1.29 is 0 Å². The fourth-order valence-electron chi connectivity index (χ4n) is 3.41. The molecule has 2 aromatic rings. The van der Waals surface area contributed by atoms with Crippen molar-refractivity contribution >= 4 is 11.3 Å². The van der Waals surface area contributed by atoms with Crippen molar-refractivity contribution in [1.29, 1.82) is 0 Å². The van der Waals surface area contributed by atoms with Crippen LogP contribution in [0, 0.1) is 6.92 Å². The van der Waals surface area contributed by atoms with Gasteiger partial charge in [0.2, 0.25) is 0 Å². The fourth-order valence-corrected chi connectivity index (χ4v) is 4.46. The Morgan fingerprint density at radius 2 is 2.27 bits per heavy atom. The van der Waals surface area contributed by atoms with Crippen LogP contribution in [-0.4, -0.2) is 32.3 Å². The highest BCUT2D eigenvalue weighted by atomic mass is 32.1. The zero-order valence-corrected chi connectivity index (χ0v) is 14.5. The van der Waals surface area contributed by atoms with Crippen molar-refractivity contribution in [3.63, 3.8) is 0 Å². The molecule has 0 saturated carbocycles. The molecule has 1 atom stereocenters. The molecule has 22 heavy (non-hydrogen) atoms. The van der Waals surface area contributed by atoms with Crippen LogP contribution < -0.4 is 0 Å². The van der Waals surface area contributed by atoms with E-state index < -0.39 is 0 Å². The number of thiazole rings is 1. The summed E-state index contributed by atoms with van der Waals surface area (Å²) in [5.41, 5.74) is 1.30. The maximum Gasteiger partial charge on any atom is 0.0900 e. The van der Waals surface area contributed by atoms with Crippen LogP contribution in [0.4, 0.5) is 0 Å². The molecule has 1 aliphatic heterocycles. The highest BCUT2D eigenvalue weighted by Gasteiger charge is 2.24. The Bertz CT molecular complexity index is 576. The predicted molar refractivity (Wildman–Crippen MR) is 91.1 cm³/mol. The summed E-state index contributed by atoms with van der Waals surface area (Å²) in [4.78, 5) is 8.84. The standard InChI is InChI=1S/C17H26N4S/c1-3-16-17(22-14(2)19-16)13-20-10-5-4-7-15(20)8-12-21-11-6-9-18-21/h6,9,11,15H,3-5,7-8,10,12-13H2,1-2H3. The molecule has 1 aliphatic rings. The summed E-state index contributed by atoms with van der Waals surface area (Å²) in [7, 11) is 0. The maximum absolute atomic E-state index is 4.68. The molecule has 4 nitrogen and oxygen atoms in total. The van der Waals surface area contributed by atoms with E-state index in [9.17, 15) is 0 Å². The molecular formula is C17H26N4S. The van der Waals surface area contributed by atoms with Gasteiger partial charge in [-0.25, -0.2) is 4.98 Å². The molecule has 5 heteroatoms. The van der Waals surface area contributed by atoms with Gasteiger partial charge in [0, 0.05) is 36.4 Å². The van der Waals surface area contributed by atoms with Crippen LogP contribution in [0.25, 0.3) is 0 Å². The summed E-state index contributed by atoms with van der Waals surface area (Å²) in [6.07, 6.45) is 10.2. The minimum atomic E-state index is 0.685. The smallest absolute Gasteiger partial charge is 0.0900 e. The Labute approximate surface area is 137 Å². The largest absolute Gasteiger partial charge is 0.295 e. The number of nitrogens with zero attached hydrogens (tertiary/aromatic N) is 4. The van der Waals surface area contributed by atoms with Crippen molar-refractivity contribution in [2.45, 2.75) is 65.1 Å². The van der Waals surface area contributed by atoms with Gasteiger partial charge in [0.05, 0.1) is 10.7 Å². The number of hydrogen-bond donors (Lipinski definition) is 0. The summed E-state index contributed by atoms with van der Waals surface area (Å²) in [6, 6.07) is 2.69. The maximum atomic E-state index is 4.68. The molecule has 120 valence electrons. The second-order valence-corrected chi connectivity index (χ2v) is 7.42. The van der Waals surface area contributed by atoms with Crippen LogP contribution in [0.5, 0.6) is 0 Å². The van der Waals surface area contributed by atoms with Gasteiger partial charge in [-0.2, -0.15) is 5.10 Å². The third-order valence-corrected chi connectivity index (χ3v) is 5.56. The molecule has 0 aliphatic carbocycles. The number of aromatic nitrogens is 3. The molecular weight excluding hydrogens is 292 g/mol. The first-order valence-electron chi connectivity index (χ1n) is 8.43. The Balaban J connectivity index is 1.64. The van der Waals surface area contributed by atoms with Gasteiger partial charge in [-0.05, 0) is 45.2 Å². The average molecular weight is 318 g/mol. The van der Waals surface area contributed by atoms with E-state index in [2.05, 4.69) is 39.7 Å². The van der Waals surface area contributed by atoms with Gasteiger partial charge >= 0.3 is 0 Å². The van der Waals surface area contributed by atoms with Crippen LogP contribution in [0.2, 0.25) is 0 Å².